The van der Waals surface area contributed by atoms with Gasteiger partial charge in [-0.05, 0) is 12.5 Å². The Balaban J connectivity index is 0.00000361. The molecule has 0 saturated heterocycles. The molecule has 0 spiro atoms. The molecule has 0 heterocycles. The second kappa shape index (κ2) is 7.11. The molecule has 1 rings (SSSR count). The maximum absolute atomic E-state index is 12.9. The fourth-order valence-corrected chi connectivity index (χ4v) is 1.47. The molecule has 0 unspecified atom stereocenters. The number of carbonyl (C=O) groups excluding carboxylic acids is 1. The van der Waals surface area contributed by atoms with Crippen molar-refractivity contribution < 1.29 is 18.5 Å². The Labute approximate surface area is 119 Å². The first-order valence-electron chi connectivity index (χ1n) is 5.38. The summed E-state index contributed by atoms with van der Waals surface area (Å²) in [4.78, 5) is 21.8. The summed E-state index contributed by atoms with van der Waals surface area (Å²) in [6.45, 7) is -0.389. The maximum atomic E-state index is 12.9. The van der Waals surface area contributed by atoms with Crippen LogP contribution in [0, 0.1) is 17.0 Å². The van der Waals surface area contributed by atoms with Gasteiger partial charge in [-0.1, -0.05) is 12.1 Å². The predicted molar refractivity (Wildman–Crippen MR) is 71.4 cm³/mol. The first-order chi connectivity index (χ1) is 8.78. The van der Waals surface area contributed by atoms with Crippen molar-refractivity contribution in [3.05, 3.63) is 39.4 Å². The van der Waals surface area contributed by atoms with E-state index in [2.05, 4.69) is 0 Å². The molecule has 0 aromatic heterocycles. The number of hydrogen-bond donors (Lipinski definition) is 2. The topological polar surface area (TPSA) is 98.3 Å². The minimum absolute atomic E-state index is 0. The summed E-state index contributed by atoms with van der Waals surface area (Å²) >= 11 is 0. The number of hydrogen-bond acceptors (Lipinski definition) is 4. The van der Waals surface area contributed by atoms with Gasteiger partial charge in [-0.2, -0.15) is 0 Å². The maximum Gasteiger partial charge on any atom is 0.282 e. The van der Waals surface area contributed by atoms with E-state index in [0.29, 0.717) is 5.56 Å². The lowest BCUT2D eigenvalue weighted by Crippen LogP contribution is -2.41. The summed E-state index contributed by atoms with van der Waals surface area (Å²) in [5, 5.41) is 12.7. The number of rotatable bonds is 5. The largest absolute Gasteiger partial charge is 0.346 e. The van der Waals surface area contributed by atoms with Gasteiger partial charge in [-0.25, -0.2) is 8.78 Å². The first-order valence-corrected chi connectivity index (χ1v) is 5.38. The number of nitro groups is 1. The van der Waals surface area contributed by atoms with Crippen LogP contribution in [0.1, 0.15) is 15.9 Å². The Bertz CT molecular complexity index is 512. The highest BCUT2D eigenvalue weighted by Gasteiger charge is 2.29. The Kier molecular flexibility index (Phi) is 6.47. The number of carbonyl (C=O) groups is 1. The number of aryl methyl sites for hydroxylation is 1. The minimum Gasteiger partial charge on any atom is -0.346 e. The Morgan fingerprint density at radius 1 is 1.50 bits per heavy atom. The molecule has 0 atom stereocenters. The van der Waals surface area contributed by atoms with Crippen molar-refractivity contribution in [3.63, 3.8) is 0 Å². The molecule has 112 valence electrons. The summed E-state index contributed by atoms with van der Waals surface area (Å²) in [7, 11) is 0. The van der Waals surface area contributed by atoms with Crippen LogP contribution in [0.2, 0.25) is 0 Å². The minimum atomic E-state index is -3.24. The number of nitrogens with two attached hydrogens (primary N) is 1. The van der Waals surface area contributed by atoms with Crippen LogP contribution in [-0.4, -0.2) is 29.8 Å². The quantitative estimate of drug-likeness (QED) is 0.638. The third kappa shape index (κ3) is 4.39. The molecule has 9 heteroatoms. The number of nitro benzene ring substituents is 1. The Morgan fingerprint density at radius 3 is 2.60 bits per heavy atom. The summed E-state index contributed by atoms with van der Waals surface area (Å²) in [6.07, 6.45) is 0. The summed E-state index contributed by atoms with van der Waals surface area (Å²) < 4.78 is 25.8. The number of nitrogens with one attached hydrogen (secondary N) is 1. The summed E-state index contributed by atoms with van der Waals surface area (Å²) in [5.74, 6) is -4.16. The molecule has 0 radical (unpaired) electrons. The normalized spacial score (nSPS) is 10.6. The molecule has 20 heavy (non-hydrogen) atoms. The number of halogens is 3. The number of benzene rings is 1. The number of nitrogens with zero attached hydrogens (tertiary/aromatic N) is 1. The lowest BCUT2D eigenvalue weighted by molar-refractivity contribution is -0.385. The van der Waals surface area contributed by atoms with Crippen molar-refractivity contribution in [2.45, 2.75) is 12.8 Å². The SMILES string of the molecule is Cc1cccc([N+](=O)[O-])c1C(=O)NCC(F)(F)CN.Cl. The van der Waals surface area contributed by atoms with Gasteiger partial charge in [-0.3, -0.25) is 14.9 Å². The molecular formula is C11H14ClF2N3O3. The van der Waals surface area contributed by atoms with Crippen LogP contribution >= 0.6 is 12.4 Å². The molecule has 1 aromatic rings. The zero-order chi connectivity index (χ0) is 14.6. The highest BCUT2D eigenvalue weighted by molar-refractivity contribution is 5.99. The van der Waals surface area contributed by atoms with Crippen molar-refractivity contribution in [3.8, 4) is 0 Å². The van der Waals surface area contributed by atoms with Crippen LogP contribution in [0.25, 0.3) is 0 Å². The van der Waals surface area contributed by atoms with E-state index in [4.69, 9.17) is 5.73 Å². The smallest absolute Gasteiger partial charge is 0.282 e. The number of alkyl halides is 2. The second-order valence-electron chi connectivity index (χ2n) is 3.97. The standard InChI is InChI=1S/C11H13F2N3O3.ClH/c1-7-3-2-4-8(16(18)19)9(7)10(17)15-6-11(12,13)5-14;/h2-4H,5-6,14H2,1H3,(H,15,17);1H. The van der Waals surface area contributed by atoms with Gasteiger partial charge in [-0.15, -0.1) is 12.4 Å². The third-order valence-electron chi connectivity index (χ3n) is 2.48. The Hall–Kier alpha value is -1.80. The summed E-state index contributed by atoms with van der Waals surface area (Å²) in [5.41, 5.74) is 4.52. The van der Waals surface area contributed by atoms with Crippen molar-refractivity contribution in [1.29, 1.82) is 0 Å². The van der Waals surface area contributed by atoms with Crippen molar-refractivity contribution >= 4 is 24.0 Å². The molecule has 1 amide bonds. The molecule has 0 fully saturated rings. The molecule has 0 aliphatic rings. The van der Waals surface area contributed by atoms with Crippen LogP contribution in [0.4, 0.5) is 14.5 Å². The van der Waals surface area contributed by atoms with E-state index in [-0.39, 0.29) is 18.0 Å². The van der Waals surface area contributed by atoms with E-state index < -0.39 is 35.5 Å². The average Bonchev–Trinajstić information content (AvgIpc) is 2.35. The zero-order valence-corrected chi connectivity index (χ0v) is 11.4. The monoisotopic (exact) mass is 309 g/mol. The third-order valence-corrected chi connectivity index (χ3v) is 2.48. The fourth-order valence-electron chi connectivity index (χ4n) is 1.47. The Morgan fingerprint density at radius 2 is 2.10 bits per heavy atom. The molecular weight excluding hydrogens is 296 g/mol. The van der Waals surface area contributed by atoms with Gasteiger partial charge in [0.25, 0.3) is 17.5 Å². The molecule has 6 nitrogen and oxygen atoms in total. The first kappa shape index (κ1) is 18.2. The van der Waals surface area contributed by atoms with Gasteiger partial charge in [0.1, 0.15) is 5.56 Å². The van der Waals surface area contributed by atoms with E-state index in [1.165, 1.54) is 19.1 Å². The van der Waals surface area contributed by atoms with Gasteiger partial charge in [0.05, 0.1) is 18.0 Å². The fraction of sp³-hybridized carbons (Fsp3) is 0.364. The van der Waals surface area contributed by atoms with Crippen LogP contribution in [-0.2, 0) is 0 Å². The van der Waals surface area contributed by atoms with E-state index in [1.54, 1.807) is 0 Å². The van der Waals surface area contributed by atoms with Gasteiger partial charge >= 0.3 is 0 Å². The van der Waals surface area contributed by atoms with Gasteiger partial charge < -0.3 is 11.1 Å². The van der Waals surface area contributed by atoms with Crippen LogP contribution in [0.3, 0.4) is 0 Å². The van der Waals surface area contributed by atoms with Crippen molar-refractivity contribution in [2.75, 3.05) is 13.1 Å². The second-order valence-corrected chi connectivity index (χ2v) is 3.97. The van der Waals surface area contributed by atoms with E-state index in [9.17, 15) is 23.7 Å². The lowest BCUT2D eigenvalue weighted by Gasteiger charge is -2.15. The molecule has 0 aliphatic carbocycles. The molecule has 0 saturated carbocycles. The van der Waals surface area contributed by atoms with Gasteiger partial charge in [0.2, 0.25) is 0 Å². The van der Waals surface area contributed by atoms with Crippen LogP contribution < -0.4 is 11.1 Å². The molecule has 0 bridgehead atoms. The molecule has 3 N–H and O–H groups in total. The van der Waals surface area contributed by atoms with Crippen molar-refractivity contribution in [2.24, 2.45) is 5.73 Å². The van der Waals surface area contributed by atoms with E-state index in [1.807, 2.05) is 5.32 Å². The van der Waals surface area contributed by atoms with E-state index >= 15 is 0 Å². The van der Waals surface area contributed by atoms with Crippen LogP contribution in [0.15, 0.2) is 18.2 Å². The van der Waals surface area contributed by atoms with Crippen molar-refractivity contribution in [1.82, 2.24) is 5.32 Å². The van der Waals surface area contributed by atoms with Gasteiger partial charge in [0, 0.05) is 6.07 Å². The zero-order valence-electron chi connectivity index (χ0n) is 10.6. The van der Waals surface area contributed by atoms with Crippen LogP contribution in [0.5, 0.6) is 0 Å². The van der Waals surface area contributed by atoms with E-state index in [0.717, 1.165) is 6.07 Å². The highest BCUT2D eigenvalue weighted by Crippen LogP contribution is 2.22. The molecule has 0 aliphatic heterocycles. The highest BCUT2D eigenvalue weighted by atomic mass is 35.5. The molecule has 1 aromatic carbocycles. The predicted octanol–water partition coefficient (Wildman–Crippen LogP) is 1.65. The lowest BCUT2D eigenvalue weighted by atomic mass is 10.1. The summed E-state index contributed by atoms with van der Waals surface area (Å²) in [6, 6.07) is 4.05. The average molecular weight is 310 g/mol. The van der Waals surface area contributed by atoms with Gasteiger partial charge in [0.15, 0.2) is 0 Å². The number of amides is 1.